The van der Waals surface area contributed by atoms with Crippen LogP contribution in [0.5, 0.6) is 0 Å². The second kappa shape index (κ2) is 6.25. The predicted octanol–water partition coefficient (Wildman–Crippen LogP) is 4.64. The fourth-order valence-electron chi connectivity index (χ4n) is 5.71. The van der Waals surface area contributed by atoms with Crippen molar-refractivity contribution in [2.45, 2.75) is 11.8 Å². The molecular weight excluding hydrogens is 416 g/mol. The summed E-state index contributed by atoms with van der Waals surface area (Å²) in [5, 5.41) is 11.0. The second-order valence-corrected chi connectivity index (χ2v) is 8.58. The third kappa shape index (κ3) is 2.28. The van der Waals surface area contributed by atoms with Gasteiger partial charge in [0.15, 0.2) is 0 Å². The number of nitro groups is 1. The summed E-state index contributed by atoms with van der Waals surface area (Å²) in [5.41, 5.74) is 4.39. The molecular formula is C24H15ClN2O4. The van der Waals surface area contributed by atoms with Crippen LogP contribution >= 0.6 is 11.6 Å². The third-order valence-corrected chi connectivity index (χ3v) is 7.14. The van der Waals surface area contributed by atoms with Gasteiger partial charge in [0.2, 0.25) is 11.8 Å². The van der Waals surface area contributed by atoms with Crippen molar-refractivity contribution >= 4 is 34.8 Å². The Morgan fingerprint density at radius 1 is 0.774 bits per heavy atom. The highest BCUT2D eigenvalue weighted by Gasteiger charge is 2.61. The molecule has 1 saturated heterocycles. The van der Waals surface area contributed by atoms with Gasteiger partial charge < -0.3 is 0 Å². The first-order chi connectivity index (χ1) is 15.0. The van der Waals surface area contributed by atoms with Crippen LogP contribution in [0, 0.1) is 22.0 Å². The van der Waals surface area contributed by atoms with Gasteiger partial charge >= 0.3 is 0 Å². The highest BCUT2D eigenvalue weighted by molar-refractivity contribution is 6.33. The molecule has 6 nitrogen and oxygen atoms in total. The predicted molar refractivity (Wildman–Crippen MR) is 114 cm³/mol. The van der Waals surface area contributed by atoms with Gasteiger partial charge in [-0.25, -0.2) is 4.90 Å². The number of halogens is 1. The van der Waals surface area contributed by atoms with Crippen molar-refractivity contribution in [3.63, 3.8) is 0 Å². The van der Waals surface area contributed by atoms with E-state index in [1.165, 1.54) is 23.1 Å². The molecule has 0 unspecified atom stereocenters. The molecule has 0 radical (unpaired) electrons. The summed E-state index contributed by atoms with van der Waals surface area (Å²) in [6, 6.07) is 20.0. The number of hydrogen-bond donors (Lipinski definition) is 0. The van der Waals surface area contributed by atoms with Crippen molar-refractivity contribution in [2.75, 3.05) is 4.90 Å². The number of benzene rings is 3. The minimum absolute atomic E-state index is 0.104. The number of carbonyl (C=O) groups excluding carboxylic acids is 2. The zero-order valence-electron chi connectivity index (χ0n) is 16.1. The molecule has 31 heavy (non-hydrogen) atoms. The smallest absolute Gasteiger partial charge is 0.274 e. The number of nitrogens with zero attached hydrogens (tertiary/aromatic N) is 2. The summed E-state index contributed by atoms with van der Waals surface area (Å²) in [5.74, 6) is -1.96. The largest absolute Gasteiger partial charge is 0.288 e. The van der Waals surface area contributed by atoms with Gasteiger partial charge in [0.05, 0.1) is 22.4 Å². The topological polar surface area (TPSA) is 80.5 Å². The van der Waals surface area contributed by atoms with Gasteiger partial charge in [-0.3, -0.25) is 19.7 Å². The van der Waals surface area contributed by atoms with E-state index in [1.54, 1.807) is 0 Å². The van der Waals surface area contributed by atoms with E-state index in [9.17, 15) is 19.7 Å². The molecule has 0 spiro atoms. The van der Waals surface area contributed by atoms with Crippen molar-refractivity contribution in [1.29, 1.82) is 0 Å². The van der Waals surface area contributed by atoms with Crippen LogP contribution in [-0.4, -0.2) is 16.7 Å². The third-order valence-electron chi connectivity index (χ3n) is 6.83. The molecule has 0 saturated carbocycles. The molecule has 2 bridgehead atoms. The quantitative estimate of drug-likeness (QED) is 0.337. The van der Waals surface area contributed by atoms with Crippen LogP contribution in [0.4, 0.5) is 11.4 Å². The van der Waals surface area contributed by atoms with E-state index in [0.717, 1.165) is 22.3 Å². The van der Waals surface area contributed by atoms with Crippen LogP contribution in [0.15, 0.2) is 66.7 Å². The van der Waals surface area contributed by atoms with Crippen LogP contribution in [0.3, 0.4) is 0 Å². The van der Waals surface area contributed by atoms with Crippen LogP contribution < -0.4 is 4.90 Å². The maximum atomic E-state index is 13.6. The summed E-state index contributed by atoms with van der Waals surface area (Å²) in [4.78, 5) is 38.9. The fourth-order valence-corrected chi connectivity index (χ4v) is 5.96. The molecule has 3 aromatic rings. The van der Waals surface area contributed by atoms with E-state index in [2.05, 4.69) is 0 Å². The van der Waals surface area contributed by atoms with E-state index < -0.39 is 16.8 Å². The number of anilines is 1. The molecule has 1 aliphatic heterocycles. The molecule has 0 aromatic heterocycles. The minimum atomic E-state index is -0.590. The first-order valence-electron chi connectivity index (χ1n) is 9.98. The van der Waals surface area contributed by atoms with Crippen LogP contribution in [-0.2, 0) is 9.59 Å². The van der Waals surface area contributed by atoms with Gasteiger partial charge in [-0.15, -0.1) is 0 Å². The first-order valence-corrected chi connectivity index (χ1v) is 10.4. The highest BCUT2D eigenvalue weighted by atomic mass is 35.5. The van der Waals surface area contributed by atoms with E-state index in [4.69, 9.17) is 11.6 Å². The molecule has 2 atom stereocenters. The lowest BCUT2D eigenvalue weighted by Crippen LogP contribution is -2.41. The van der Waals surface area contributed by atoms with Gasteiger partial charge in [0, 0.05) is 17.9 Å². The monoisotopic (exact) mass is 430 g/mol. The Morgan fingerprint density at radius 2 is 1.23 bits per heavy atom. The molecule has 2 amide bonds. The van der Waals surface area contributed by atoms with Crippen molar-refractivity contribution in [3.05, 3.63) is 104 Å². The highest BCUT2D eigenvalue weighted by Crippen LogP contribution is 2.61. The van der Waals surface area contributed by atoms with Crippen molar-refractivity contribution in [1.82, 2.24) is 0 Å². The van der Waals surface area contributed by atoms with Gasteiger partial charge in [0.1, 0.15) is 5.02 Å². The fraction of sp³-hybridized carbons (Fsp3) is 0.167. The Hall–Kier alpha value is -3.51. The molecule has 7 heteroatoms. The van der Waals surface area contributed by atoms with Gasteiger partial charge in [-0.05, 0) is 34.4 Å². The van der Waals surface area contributed by atoms with Crippen molar-refractivity contribution in [2.24, 2.45) is 11.8 Å². The maximum absolute atomic E-state index is 13.6. The summed E-state index contributed by atoms with van der Waals surface area (Å²) in [7, 11) is 0. The Kier molecular flexibility index (Phi) is 3.68. The molecule has 3 aromatic carbocycles. The molecule has 4 aliphatic rings. The molecule has 3 aliphatic carbocycles. The number of rotatable bonds is 2. The number of carbonyl (C=O) groups is 2. The lowest BCUT2D eigenvalue weighted by molar-refractivity contribution is -0.384. The van der Waals surface area contributed by atoms with Crippen molar-refractivity contribution in [3.8, 4) is 0 Å². The Balaban J connectivity index is 1.52. The molecule has 7 rings (SSSR count). The normalized spacial score (nSPS) is 25.3. The van der Waals surface area contributed by atoms with Crippen LogP contribution in [0.1, 0.15) is 34.1 Å². The second-order valence-electron chi connectivity index (χ2n) is 8.17. The zero-order valence-corrected chi connectivity index (χ0v) is 16.8. The average Bonchev–Trinajstić information content (AvgIpc) is 3.04. The standard InChI is InChI=1S/C24H15ClN2O4/c25-17-11-12(9-10-18(17)27(30)31)26-23(28)21-19-13-5-1-2-6-14(13)20(22(21)24(26)29)16-8-4-3-7-15(16)19/h1-11,19-22H/t19?,20?,21-,22-/m1/s1. The molecule has 1 heterocycles. The van der Waals surface area contributed by atoms with Gasteiger partial charge in [-0.2, -0.15) is 0 Å². The lowest BCUT2D eigenvalue weighted by atomic mass is 9.55. The van der Waals surface area contributed by atoms with E-state index >= 15 is 0 Å². The number of hydrogen-bond acceptors (Lipinski definition) is 4. The molecule has 152 valence electrons. The lowest BCUT2D eigenvalue weighted by Gasteiger charge is -2.45. The maximum Gasteiger partial charge on any atom is 0.288 e. The average molecular weight is 431 g/mol. The van der Waals surface area contributed by atoms with Crippen LogP contribution in [0.2, 0.25) is 5.02 Å². The SMILES string of the molecule is O=C1[C@@H]2C3c4ccccc4C(c4ccccc43)[C@H]2C(=O)N1c1ccc([N+](=O)[O-])c(Cl)c1. The molecule has 1 fully saturated rings. The van der Waals surface area contributed by atoms with Crippen molar-refractivity contribution < 1.29 is 14.5 Å². The van der Waals surface area contributed by atoms with E-state index in [1.807, 2.05) is 48.5 Å². The number of nitro benzene ring substituents is 1. The van der Waals surface area contributed by atoms with Gasteiger partial charge in [-0.1, -0.05) is 60.1 Å². The van der Waals surface area contributed by atoms with E-state index in [0.29, 0.717) is 0 Å². The Morgan fingerprint density at radius 3 is 1.61 bits per heavy atom. The van der Waals surface area contributed by atoms with Gasteiger partial charge in [0.25, 0.3) is 5.69 Å². The Bertz CT molecular complexity index is 1200. The summed E-state index contributed by atoms with van der Waals surface area (Å²) in [6.45, 7) is 0. The zero-order chi connectivity index (χ0) is 21.4. The Labute approximate surface area is 182 Å². The van der Waals surface area contributed by atoms with Crippen LogP contribution in [0.25, 0.3) is 0 Å². The van der Waals surface area contributed by atoms with E-state index in [-0.39, 0.29) is 40.0 Å². The minimum Gasteiger partial charge on any atom is -0.274 e. The number of imide groups is 1. The first kappa shape index (κ1) is 18.3. The summed E-state index contributed by atoms with van der Waals surface area (Å²) in [6.07, 6.45) is 0. The molecule has 0 N–H and O–H groups in total. The summed E-state index contributed by atoms with van der Waals surface area (Å²) < 4.78 is 0. The summed E-state index contributed by atoms with van der Waals surface area (Å²) >= 11 is 6.08. The number of amides is 2.